The lowest BCUT2D eigenvalue weighted by atomic mass is 9.90. The van der Waals surface area contributed by atoms with Crippen LogP contribution in [0.2, 0.25) is 0 Å². The Bertz CT molecular complexity index is 229. The van der Waals surface area contributed by atoms with Gasteiger partial charge in [-0.15, -0.1) is 0 Å². The van der Waals surface area contributed by atoms with Crippen LogP contribution in [0.15, 0.2) is 0 Å². The van der Waals surface area contributed by atoms with E-state index in [2.05, 4.69) is 42.0 Å². The first kappa shape index (κ1) is 14.0. The largest absolute Gasteiger partial charge is 0.355 e. The van der Waals surface area contributed by atoms with Crippen molar-refractivity contribution in [1.82, 2.24) is 5.32 Å². The molecule has 1 atom stereocenters. The number of rotatable bonds is 4. The average molecular weight is 290 g/mol. The molecule has 16 heavy (non-hydrogen) atoms. The lowest BCUT2D eigenvalue weighted by Crippen LogP contribution is -2.34. The first-order valence-electron chi connectivity index (χ1n) is 6.30. The molecule has 94 valence electrons. The van der Waals surface area contributed by atoms with Gasteiger partial charge in [0.1, 0.15) is 0 Å². The lowest BCUT2D eigenvalue weighted by Gasteiger charge is -2.22. The Hall–Kier alpha value is -0.0500. The summed E-state index contributed by atoms with van der Waals surface area (Å²) in [6.07, 6.45) is 5.68. The van der Waals surface area contributed by atoms with Gasteiger partial charge in [-0.3, -0.25) is 4.79 Å². The first-order valence-corrected chi connectivity index (χ1v) is 7.22. The monoisotopic (exact) mass is 289 g/mol. The summed E-state index contributed by atoms with van der Waals surface area (Å²) in [5.41, 5.74) is 0.312. The highest BCUT2D eigenvalue weighted by Crippen LogP contribution is 2.26. The Balaban J connectivity index is 2.20. The van der Waals surface area contributed by atoms with E-state index in [-0.39, 0.29) is 11.8 Å². The van der Waals surface area contributed by atoms with Crippen LogP contribution in [-0.2, 0) is 4.79 Å². The maximum absolute atomic E-state index is 11.8. The zero-order valence-electron chi connectivity index (χ0n) is 10.7. The molecule has 0 radical (unpaired) electrons. The van der Waals surface area contributed by atoms with Gasteiger partial charge in [0.05, 0.1) is 0 Å². The van der Waals surface area contributed by atoms with Crippen LogP contribution in [0.5, 0.6) is 0 Å². The molecule has 1 N–H and O–H groups in total. The smallest absolute Gasteiger partial charge is 0.223 e. The third-order valence-corrected chi connectivity index (χ3v) is 3.71. The number of amides is 1. The van der Waals surface area contributed by atoms with Crippen molar-refractivity contribution in [2.45, 2.75) is 57.7 Å². The van der Waals surface area contributed by atoms with Crippen molar-refractivity contribution in [2.24, 2.45) is 11.3 Å². The molecule has 1 amide bonds. The Morgan fingerprint density at radius 1 is 1.38 bits per heavy atom. The topological polar surface area (TPSA) is 29.1 Å². The fourth-order valence-electron chi connectivity index (χ4n) is 2.28. The van der Waals surface area contributed by atoms with Gasteiger partial charge in [-0.2, -0.15) is 0 Å². The molecular weight excluding hydrogens is 266 g/mol. The lowest BCUT2D eigenvalue weighted by molar-refractivity contribution is -0.124. The van der Waals surface area contributed by atoms with Crippen LogP contribution in [0.3, 0.4) is 0 Å². The second-order valence-electron chi connectivity index (χ2n) is 6.09. The van der Waals surface area contributed by atoms with Crippen molar-refractivity contribution in [1.29, 1.82) is 0 Å². The summed E-state index contributed by atoms with van der Waals surface area (Å²) < 4.78 is 0. The summed E-state index contributed by atoms with van der Waals surface area (Å²) in [5, 5.41) is 3.06. The summed E-state index contributed by atoms with van der Waals surface area (Å²) in [7, 11) is 0. The molecule has 0 aliphatic heterocycles. The van der Waals surface area contributed by atoms with Crippen LogP contribution in [0.25, 0.3) is 0 Å². The minimum absolute atomic E-state index is 0.260. The van der Waals surface area contributed by atoms with Gasteiger partial charge in [0.25, 0.3) is 0 Å². The van der Waals surface area contributed by atoms with E-state index in [4.69, 9.17) is 0 Å². The second-order valence-corrected chi connectivity index (χ2v) is 7.38. The number of halogens is 1. The van der Waals surface area contributed by atoms with Crippen LogP contribution < -0.4 is 5.32 Å². The SMILES string of the molecule is CC(C)(C)CC(Br)CNC(=O)C1CCCC1. The Kier molecular flexibility index (Phi) is 5.29. The van der Waals surface area contributed by atoms with Crippen LogP contribution >= 0.6 is 15.9 Å². The van der Waals surface area contributed by atoms with Gasteiger partial charge in [0, 0.05) is 17.3 Å². The van der Waals surface area contributed by atoms with E-state index < -0.39 is 0 Å². The van der Waals surface area contributed by atoms with Crippen molar-refractivity contribution >= 4 is 21.8 Å². The van der Waals surface area contributed by atoms with Crippen molar-refractivity contribution in [3.8, 4) is 0 Å². The van der Waals surface area contributed by atoms with Crippen molar-refractivity contribution in [3.63, 3.8) is 0 Å². The van der Waals surface area contributed by atoms with Gasteiger partial charge < -0.3 is 5.32 Å². The van der Waals surface area contributed by atoms with Gasteiger partial charge in [-0.05, 0) is 24.7 Å². The summed E-state index contributed by atoms with van der Waals surface area (Å²) in [6, 6.07) is 0. The molecule has 1 fully saturated rings. The quantitative estimate of drug-likeness (QED) is 0.789. The fraction of sp³-hybridized carbons (Fsp3) is 0.923. The number of hydrogen-bond acceptors (Lipinski definition) is 1. The molecule has 1 rings (SSSR count). The molecule has 0 saturated heterocycles. The zero-order chi connectivity index (χ0) is 12.2. The van der Waals surface area contributed by atoms with Gasteiger partial charge in [-0.1, -0.05) is 49.5 Å². The highest BCUT2D eigenvalue weighted by Gasteiger charge is 2.23. The third-order valence-electron chi connectivity index (χ3n) is 3.06. The molecule has 0 bridgehead atoms. The van der Waals surface area contributed by atoms with E-state index in [9.17, 15) is 4.79 Å². The Morgan fingerprint density at radius 3 is 2.44 bits per heavy atom. The van der Waals surface area contributed by atoms with Crippen LogP contribution in [-0.4, -0.2) is 17.3 Å². The van der Waals surface area contributed by atoms with Crippen LogP contribution in [0.1, 0.15) is 52.9 Å². The normalized spacial score (nSPS) is 19.8. The fourth-order valence-corrected chi connectivity index (χ4v) is 3.41. The minimum atomic E-state index is 0.260. The third kappa shape index (κ3) is 5.33. The average Bonchev–Trinajstić information content (AvgIpc) is 2.64. The van der Waals surface area contributed by atoms with E-state index in [1.165, 1.54) is 12.8 Å². The van der Waals surface area contributed by atoms with Crippen molar-refractivity contribution in [2.75, 3.05) is 6.54 Å². The van der Waals surface area contributed by atoms with E-state index in [0.29, 0.717) is 10.2 Å². The molecule has 0 heterocycles. The Labute approximate surface area is 108 Å². The number of nitrogens with one attached hydrogen (secondary N) is 1. The molecule has 3 heteroatoms. The number of carbonyl (C=O) groups excluding carboxylic acids is 1. The summed E-state index contributed by atoms with van der Waals surface area (Å²) >= 11 is 3.64. The predicted octanol–water partition coefficient (Wildman–Crippen LogP) is 3.49. The van der Waals surface area contributed by atoms with Crippen molar-refractivity contribution < 1.29 is 4.79 Å². The molecule has 0 aromatic carbocycles. The zero-order valence-corrected chi connectivity index (χ0v) is 12.3. The highest BCUT2D eigenvalue weighted by molar-refractivity contribution is 9.09. The van der Waals surface area contributed by atoms with Gasteiger partial charge in [0.2, 0.25) is 5.91 Å². The Morgan fingerprint density at radius 2 is 1.94 bits per heavy atom. The van der Waals surface area contributed by atoms with E-state index in [1.807, 2.05) is 0 Å². The van der Waals surface area contributed by atoms with E-state index >= 15 is 0 Å². The summed E-state index contributed by atoms with van der Waals surface area (Å²) in [5.74, 6) is 0.546. The molecular formula is C13H24BrNO. The van der Waals surface area contributed by atoms with E-state index in [0.717, 1.165) is 25.8 Å². The maximum Gasteiger partial charge on any atom is 0.223 e. The predicted molar refractivity (Wildman–Crippen MR) is 71.8 cm³/mol. The first-order chi connectivity index (χ1) is 7.38. The molecule has 1 unspecified atom stereocenters. The molecule has 0 aromatic rings. The van der Waals surface area contributed by atoms with Crippen LogP contribution in [0.4, 0.5) is 0 Å². The van der Waals surface area contributed by atoms with Gasteiger partial charge >= 0.3 is 0 Å². The van der Waals surface area contributed by atoms with Gasteiger partial charge in [0.15, 0.2) is 0 Å². The molecule has 0 aromatic heterocycles. The second kappa shape index (κ2) is 6.04. The minimum Gasteiger partial charge on any atom is -0.355 e. The number of carbonyl (C=O) groups is 1. The van der Waals surface area contributed by atoms with Crippen molar-refractivity contribution in [3.05, 3.63) is 0 Å². The molecule has 2 nitrogen and oxygen atoms in total. The summed E-state index contributed by atoms with van der Waals surface area (Å²) in [6.45, 7) is 7.42. The molecule has 0 spiro atoms. The van der Waals surface area contributed by atoms with E-state index in [1.54, 1.807) is 0 Å². The molecule has 1 saturated carbocycles. The van der Waals surface area contributed by atoms with Crippen LogP contribution in [0, 0.1) is 11.3 Å². The number of hydrogen-bond donors (Lipinski definition) is 1. The highest BCUT2D eigenvalue weighted by atomic mass is 79.9. The number of alkyl halides is 1. The van der Waals surface area contributed by atoms with Gasteiger partial charge in [-0.25, -0.2) is 0 Å². The molecule has 1 aliphatic rings. The standard InChI is InChI=1S/C13H24BrNO/c1-13(2,3)8-11(14)9-15-12(16)10-6-4-5-7-10/h10-11H,4-9H2,1-3H3,(H,15,16). The molecule has 1 aliphatic carbocycles. The maximum atomic E-state index is 11.8. The summed E-state index contributed by atoms with van der Waals surface area (Å²) in [4.78, 5) is 12.2.